The molecule has 0 unspecified atom stereocenters. The number of benzene rings is 2. The van der Waals surface area contributed by atoms with Crippen LogP contribution in [0.5, 0.6) is 11.5 Å². The predicted molar refractivity (Wildman–Crippen MR) is 108 cm³/mol. The summed E-state index contributed by atoms with van der Waals surface area (Å²) in [6.45, 7) is 8.56. The Morgan fingerprint density at radius 3 is 1.97 bits per heavy atom. The van der Waals surface area contributed by atoms with Gasteiger partial charge in [0.1, 0.15) is 11.5 Å². The van der Waals surface area contributed by atoms with E-state index in [9.17, 15) is 17.3 Å². The van der Waals surface area contributed by atoms with E-state index < -0.39 is 7.25 Å². The fraction of sp³-hybridized carbons (Fsp3) is 0.286. The Morgan fingerprint density at radius 2 is 1.45 bits per heavy atom. The minimum Gasteiger partial charge on any atom is -0.497 e. The molecule has 0 bridgehead atoms. The molecule has 0 atom stereocenters. The van der Waals surface area contributed by atoms with Crippen molar-refractivity contribution in [1.29, 1.82) is 0 Å². The van der Waals surface area contributed by atoms with Crippen LogP contribution in [0, 0.1) is 27.7 Å². The average Bonchev–Trinajstić information content (AvgIpc) is 2.60. The second kappa shape index (κ2) is 8.72. The molecular weight excluding hydrogens is 385 g/mol. The normalized spacial score (nSPS) is 11.1. The highest BCUT2D eigenvalue weighted by atomic mass is 19.5. The fourth-order valence-electron chi connectivity index (χ4n) is 3.48. The summed E-state index contributed by atoms with van der Waals surface area (Å²) in [6, 6.07) is 12.8. The van der Waals surface area contributed by atoms with Crippen molar-refractivity contribution in [2.75, 3.05) is 14.2 Å². The molecule has 156 valence electrons. The molecule has 2 aromatic carbocycles. The Morgan fingerprint density at radius 1 is 0.828 bits per heavy atom. The minimum absolute atomic E-state index is 0.808. The lowest BCUT2D eigenvalue weighted by molar-refractivity contribution is -0.608. The number of methoxy groups -OCH3 is 2. The van der Waals surface area contributed by atoms with Gasteiger partial charge in [0.15, 0.2) is 11.4 Å². The van der Waals surface area contributed by atoms with Crippen LogP contribution in [-0.4, -0.2) is 21.5 Å². The summed E-state index contributed by atoms with van der Waals surface area (Å²) in [5, 5.41) is 2.24. The van der Waals surface area contributed by atoms with Gasteiger partial charge < -0.3 is 26.7 Å². The van der Waals surface area contributed by atoms with Crippen molar-refractivity contribution in [2.45, 2.75) is 27.7 Å². The first-order valence-electron chi connectivity index (χ1n) is 8.99. The molecule has 0 amide bonds. The van der Waals surface area contributed by atoms with Crippen LogP contribution in [0.3, 0.4) is 0 Å². The zero-order valence-electron chi connectivity index (χ0n) is 17.3. The average molecular weight is 409 g/mol. The Kier molecular flexibility index (Phi) is 6.77. The molecule has 0 saturated carbocycles. The molecule has 0 saturated heterocycles. The van der Waals surface area contributed by atoms with Gasteiger partial charge in [0.2, 0.25) is 5.69 Å². The third kappa shape index (κ3) is 5.40. The van der Waals surface area contributed by atoms with Crippen molar-refractivity contribution in [1.82, 2.24) is 0 Å². The van der Waals surface area contributed by atoms with Crippen LogP contribution in [0.1, 0.15) is 22.5 Å². The van der Waals surface area contributed by atoms with E-state index in [0.29, 0.717) is 0 Å². The van der Waals surface area contributed by atoms with E-state index in [-0.39, 0.29) is 0 Å². The molecule has 1 aromatic heterocycles. The number of rotatable bonds is 3. The van der Waals surface area contributed by atoms with E-state index in [4.69, 9.17) is 9.47 Å². The van der Waals surface area contributed by atoms with Gasteiger partial charge in [-0.15, -0.1) is 0 Å². The summed E-state index contributed by atoms with van der Waals surface area (Å²) in [5.41, 5.74) is 6.09. The number of ether oxygens (including phenoxy) is 2. The highest BCUT2D eigenvalue weighted by Gasteiger charge is 2.23. The molecular formula is C21H24BF4NO2. The monoisotopic (exact) mass is 409 g/mol. The van der Waals surface area contributed by atoms with E-state index in [1.807, 2.05) is 6.07 Å². The first-order valence-corrected chi connectivity index (χ1v) is 8.99. The Balaban J connectivity index is 0.000000537. The van der Waals surface area contributed by atoms with Gasteiger partial charge in [0.05, 0.1) is 19.6 Å². The number of nitrogens with zero attached hydrogens (tertiary/aromatic N) is 1. The SMILES string of the molecule is COc1cc(OC)c2c(C)[n+](-c3ccc(C)cc3C)c(C)cc2c1.F[B-](F)(F)F. The summed E-state index contributed by atoms with van der Waals surface area (Å²) in [6.07, 6.45) is 0. The van der Waals surface area contributed by atoms with Crippen molar-refractivity contribution in [3.63, 3.8) is 0 Å². The number of aryl methyl sites for hydroxylation is 4. The fourth-order valence-corrected chi connectivity index (χ4v) is 3.48. The summed E-state index contributed by atoms with van der Waals surface area (Å²) < 4.78 is 52.3. The van der Waals surface area contributed by atoms with E-state index in [1.165, 1.54) is 22.5 Å². The van der Waals surface area contributed by atoms with E-state index in [0.717, 1.165) is 28.0 Å². The molecule has 0 fully saturated rings. The Bertz CT molecular complexity index is 1030. The molecule has 0 spiro atoms. The van der Waals surface area contributed by atoms with Crippen molar-refractivity contribution in [2.24, 2.45) is 0 Å². The lowest BCUT2D eigenvalue weighted by atomic mass is 10.0. The molecule has 0 aliphatic rings. The maximum Gasteiger partial charge on any atom is 0.673 e. The van der Waals surface area contributed by atoms with Crippen molar-refractivity contribution >= 4 is 18.0 Å². The van der Waals surface area contributed by atoms with Gasteiger partial charge in [0, 0.05) is 43.0 Å². The topological polar surface area (TPSA) is 22.3 Å². The highest BCUT2D eigenvalue weighted by molar-refractivity contribution is 6.50. The van der Waals surface area contributed by atoms with Crippen LogP contribution >= 0.6 is 0 Å². The quantitative estimate of drug-likeness (QED) is 0.316. The van der Waals surface area contributed by atoms with Crippen LogP contribution in [0.2, 0.25) is 0 Å². The van der Waals surface area contributed by atoms with Gasteiger partial charge in [-0.3, -0.25) is 0 Å². The van der Waals surface area contributed by atoms with E-state index in [2.05, 4.69) is 62.6 Å². The molecule has 0 N–H and O–H groups in total. The number of pyridine rings is 1. The van der Waals surface area contributed by atoms with Crippen LogP contribution in [0.25, 0.3) is 16.5 Å². The first-order chi connectivity index (χ1) is 13.5. The maximum absolute atomic E-state index is 9.75. The number of hydrogen-bond donors (Lipinski definition) is 0. The first kappa shape index (κ1) is 22.5. The molecule has 0 radical (unpaired) electrons. The highest BCUT2D eigenvalue weighted by Crippen LogP contribution is 2.33. The molecule has 3 aromatic rings. The molecule has 0 aliphatic carbocycles. The second-order valence-electron chi connectivity index (χ2n) is 6.79. The van der Waals surface area contributed by atoms with Crippen LogP contribution in [-0.2, 0) is 0 Å². The van der Waals surface area contributed by atoms with Gasteiger partial charge >= 0.3 is 7.25 Å². The number of fused-ring (bicyclic) bond motifs is 1. The third-order valence-corrected chi connectivity index (χ3v) is 4.57. The zero-order chi connectivity index (χ0) is 21.9. The third-order valence-electron chi connectivity index (χ3n) is 4.57. The maximum atomic E-state index is 9.75. The van der Waals surface area contributed by atoms with Crippen LogP contribution in [0.4, 0.5) is 17.3 Å². The van der Waals surface area contributed by atoms with Gasteiger partial charge in [-0.2, -0.15) is 4.57 Å². The summed E-state index contributed by atoms with van der Waals surface area (Å²) >= 11 is 0. The van der Waals surface area contributed by atoms with Crippen LogP contribution < -0.4 is 14.0 Å². The lowest BCUT2D eigenvalue weighted by Gasteiger charge is -2.13. The second-order valence-corrected chi connectivity index (χ2v) is 6.79. The predicted octanol–water partition coefficient (Wildman–Crippen LogP) is 5.67. The van der Waals surface area contributed by atoms with Gasteiger partial charge in [-0.25, -0.2) is 0 Å². The van der Waals surface area contributed by atoms with Crippen molar-refractivity contribution < 1.29 is 31.3 Å². The summed E-state index contributed by atoms with van der Waals surface area (Å²) in [7, 11) is -2.62. The molecule has 3 nitrogen and oxygen atoms in total. The van der Waals surface area contributed by atoms with Gasteiger partial charge in [-0.05, 0) is 26.0 Å². The van der Waals surface area contributed by atoms with E-state index in [1.54, 1.807) is 14.2 Å². The number of halogens is 4. The molecule has 0 aliphatic heterocycles. The Hall–Kier alpha value is -2.77. The summed E-state index contributed by atoms with van der Waals surface area (Å²) in [5.74, 6) is 1.64. The Labute approximate surface area is 168 Å². The molecule has 8 heteroatoms. The minimum atomic E-state index is -6.00. The zero-order valence-corrected chi connectivity index (χ0v) is 17.3. The molecule has 1 heterocycles. The van der Waals surface area contributed by atoms with Crippen molar-refractivity contribution in [3.8, 4) is 17.2 Å². The molecule has 29 heavy (non-hydrogen) atoms. The smallest absolute Gasteiger partial charge is 0.497 e. The number of aromatic nitrogens is 1. The lowest BCUT2D eigenvalue weighted by Crippen LogP contribution is -2.38. The standard InChI is InChI=1S/C21H24NO2.BF4/c1-13-7-8-19(14(2)9-13)22-15(3)10-17-11-18(23-5)12-20(24-6)21(17)16(22)4;2-1(3,4)5/h7-12H,1-6H3;/q+1;-1. The molecule has 3 rings (SSSR count). The van der Waals surface area contributed by atoms with Gasteiger partial charge in [0.25, 0.3) is 0 Å². The largest absolute Gasteiger partial charge is 0.673 e. The van der Waals surface area contributed by atoms with Crippen LogP contribution in [0.15, 0.2) is 36.4 Å². The van der Waals surface area contributed by atoms with E-state index >= 15 is 0 Å². The van der Waals surface area contributed by atoms with Gasteiger partial charge in [-0.1, -0.05) is 11.6 Å². The van der Waals surface area contributed by atoms with Crippen molar-refractivity contribution in [3.05, 3.63) is 58.9 Å². The number of hydrogen-bond acceptors (Lipinski definition) is 2. The summed E-state index contributed by atoms with van der Waals surface area (Å²) in [4.78, 5) is 0.